The molecule has 5 nitrogen and oxygen atoms in total. The first-order valence-electron chi connectivity index (χ1n) is 6.02. The van der Waals surface area contributed by atoms with Crippen molar-refractivity contribution in [2.75, 3.05) is 6.54 Å². The Hall–Kier alpha value is -2.04. The molecule has 5 heteroatoms. The number of likely N-dealkylation sites (tertiary alicyclic amines) is 1. The van der Waals surface area contributed by atoms with Crippen LogP contribution in [-0.4, -0.2) is 34.4 Å². The van der Waals surface area contributed by atoms with Gasteiger partial charge in [0.15, 0.2) is 5.84 Å². The smallest absolute Gasteiger partial charge is 0.254 e. The molecule has 1 aromatic rings. The fourth-order valence-electron chi connectivity index (χ4n) is 2.24. The Morgan fingerprint density at radius 1 is 1.39 bits per heavy atom. The highest BCUT2D eigenvalue weighted by molar-refractivity contribution is 5.99. The number of amides is 1. The number of nitrogens with two attached hydrogens (primary N) is 1. The van der Waals surface area contributed by atoms with E-state index in [1.54, 1.807) is 24.3 Å². The van der Waals surface area contributed by atoms with Gasteiger partial charge < -0.3 is 15.8 Å². The molecule has 96 valence electrons. The average Bonchev–Trinajstić information content (AvgIpc) is 2.83. The van der Waals surface area contributed by atoms with E-state index in [-0.39, 0.29) is 11.7 Å². The minimum Gasteiger partial charge on any atom is -0.409 e. The van der Waals surface area contributed by atoms with Crippen molar-refractivity contribution in [2.24, 2.45) is 10.9 Å². The van der Waals surface area contributed by atoms with Crippen molar-refractivity contribution in [3.8, 4) is 0 Å². The van der Waals surface area contributed by atoms with E-state index in [1.165, 1.54) is 0 Å². The zero-order chi connectivity index (χ0) is 13.1. The molecule has 1 amide bonds. The molecule has 0 saturated carbocycles. The van der Waals surface area contributed by atoms with E-state index in [0.717, 1.165) is 19.4 Å². The number of oxime groups is 1. The quantitative estimate of drug-likeness (QED) is 0.359. The molecule has 0 spiro atoms. The third-order valence-electron chi connectivity index (χ3n) is 3.35. The van der Waals surface area contributed by atoms with Gasteiger partial charge in [-0.25, -0.2) is 0 Å². The Labute approximate surface area is 106 Å². The lowest BCUT2D eigenvalue weighted by molar-refractivity contribution is 0.0747. The van der Waals surface area contributed by atoms with E-state index >= 15 is 0 Å². The van der Waals surface area contributed by atoms with Gasteiger partial charge in [0.2, 0.25) is 0 Å². The highest BCUT2D eigenvalue weighted by atomic mass is 16.4. The number of benzene rings is 1. The zero-order valence-electron chi connectivity index (χ0n) is 10.3. The van der Waals surface area contributed by atoms with E-state index in [1.807, 2.05) is 4.90 Å². The molecule has 1 fully saturated rings. The maximum atomic E-state index is 12.2. The number of hydrogen-bond donors (Lipinski definition) is 2. The highest BCUT2D eigenvalue weighted by Gasteiger charge is 2.25. The minimum absolute atomic E-state index is 0.0449. The van der Waals surface area contributed by atoms with Gasteiger partial charge in [0, 0.05) is 23.7 Å². The second-order valence-corrected chi connectivity index (χ2v) is 4.55. The number of carbonyl (C=O) groups excluding carboxylic acids is 1. The maximum Gasteiger partial charge on any atom is 0.254 e. The van der Waals surface area contributed by atoms with Crippen molar-refractivity contribution in [3.63, 3.8) is 0 Å². The molecule has 1 aliphatic rings. The van der Waals surface area contributed by atoms with Gasteiger partial charge in [0.1, 0.15) is 0 Å². The Bertz CT molecular complexity index is 468. The van der Waals surface area contributed by atoms with Crippen molar-refractivity contribution in [1.82, 2.24) is 4.90 Å². The van der Waals surface area contributed by atoms with E-state index in [2.05, 4.69) is 12.1 Å². The molecule has 0 bridgehead atoms. The lowest BCUT2D eigenvalue weighted by Gasteiger charge is -2.21. The molecule has 1 heterocycles. The normalized spacial score (nSPS) is 20.2. The Morgan fingerprint density at radius 2 is 2.00 bits per heavy atom. The van der Waals surface area contributed by atoms with Crippen molar-refractivity contribution < 1.29 is 10.0 Å². The van der Waals surface area contributed by atoms with Crippen molar-refractivity contribution in [1.29, 1.82) is 0 Å². The average molecular weight is 247 g/mol. The molecule has 0 radical (unpaired) electrons. The Kier molecular flexibility index (Phi) is 3.50. The predicted octanol–water partition coefficient (Wildman–Crippen LogP) is 1.41. The van der Waals surface area contributed by atoms with Gasteiger partial charge in [-0.05, 0) is 31.9 Å². The van der Waals surface area contributed by atoms with Gasteiger partial charge in [-0.2, -0.15) is 0 Å². The van der Waals surface area contributed by atoms with Crippen LogP contribution in [0.5, 0.6) is 0 Å². The first-order chi connectivity index (χ1) is 8.63. The summed E-state index contributed by atoms with van der Waals surface area (Å²) in [5.74, 6) is 0.0922. The third-order valence-corrected chi connectivity index (χ3v) is 3.35. The van der Waals surface area contributed by atoms with Crippen molar-refractivity contribution in [2.45, 2.75) is 25.8 Å². The zero-order valence-corrected chi connectivity index (χ0v) is 10.3. The van der Waals surface area contributed by atoms with Gasteiger partial charge in [-0.1, -0.05) is 17.3 Å². The van der Waals surface area contributed by atoms with Crippen LogP contribution in [0.3, 0.4) is 0 Å². The molecule has 1 aromatic carbocycles. The van der Waals surface area contributed by atoms with Crippen LogP contribution >= 0.6 is 0 Å². The van der Waals surface area contributed by atoms with Crippen LogP contribution in [0.15, 0.2) is 29.4 Å². The second kappa shape index (κ2) is 5.08. The molecule has 1 unspecified atom stereocenters. The molecule has 0 aliphatic carbocycles. The van der Waals surface area contributed by atoms with Gasteiger partial charge in [-0.15, -0.1) is 0 Å². The maximum absolute atomic E-state index is 12.2. The topological polar surface area (TPSA) is 78.9 Å². The van der Waals surface area contributed by atoms with Crippen LogP contribution in [0.2, 0.25) is 0 Å². The Balaban J connectivity index is 2.17. The number of carbonyl (C=O) groups is 1. The van der Waals surface area contributed by atoms with Crippen LogP contribution in [0, 0.1) is 0 Å². The summed E-state index contributed by atoms with van der Waals surface area (Å²) >= 11 is 0. The number of rotatable bonds is 2. The minimum atomic E-state index is 0.0449. The fourth-order valence-corrected chi connectivity index (χ4v) is 2.24. The molecule has 3 N–H and O–H groups in total. The largest absolute Gasteiger partial charge is 0.409 e. The summed E-state index contributed by atoms with van der Waals surface area (Å²) in [6.07, 6.45) is 2.13. The molecule has 18 heavy (non-hydrogen) atoms. The van der Waals surface area contributed by atoms with Crippen LogP contribution in [-0.2, 0) is 0 Å². The molecule has 1 saturated heterocycles. The van der Waals surface area contributed by atoms with Crippen molar-refractivity contribution >= 4 is 11.7 Å². The summed E-state index contributed by atoms with van der Waals surface area (Å²) in [4.78, 5) is 14.1. The first-order valence-corrected chi connectivity index (χ1v) is 6.02. The summed E-state index contributed by atoms with van der Waals surface area (Å²) in [5.41, 5.74) is 6.71. The van der Waals surface area contributed by atoms with Gasteiger partial charge in [0.05, 0.1) is 0 Å². The van der Waals surface area contributed by atoms with Crippen LogP contribution in [0.1, 0.15) is 35.7 Å². The van der Waals surface area contributed by atoms with Crippen LogP contribution in [0.25, 0.3) is 0 Å². The SMILES string of the molecule is CC1CCCN1C(=O)c1ccc(/C(N)=N/O)cc1. The standard InChI is InChI=1S/C13H17N3O2/c1-9-3-2-8-16(9)13(17)11-6-4-10(5-7-11)12(14)15-18/h4-7,9,18H,2-3,8H2,1H3,(H2,14,15). The monoisotopic (exact) mass is 247 g/mol. The molecule has 0 aromatic heterocycles. The first kappa shape index (κ1) is 12.4. The second-order valence-electron chi connectivity index (χ2n) is 4.55. The summed E-state index contributed by atoms with van der Waals surface area (Å²) in [7, 11) is 0. The highest BCUT2D eigenvalue weighted by Crippen LogP contribution is 2.19. The third kappa shape index (κ3) is 2.30. The molecule has 1 aliphatic heterocycles. The van der Waals surface area contributed by atoms with Crippen LogP contribution < -0.4 is 5.73 Å². The summed E-state index contributed by atoms with van der Waals surface area (Å²) in [6.45, 7) is 2.89. The van der Waals surface area contributed by atoms with Crippen molar-refractivity contribution in [3.05, 3.63) is 35.4 Å². The number of amidine groups is 1. The van der Waals surface area contributed by atoms with E-state index in [0.29, 0.717) is 17.2 Å². The van der Waals surface area contributed by atoms with Gasteiger partial charge in [0.25, 0.3) is 5.91 Å². The van der Waals surface area contributed by atoms with Crippen LogP contribution in [0.4, 0.5) is 0 Å². The lowest BCUT2D eigenvalue weighted by Crippen LogP contribution is -2.33. The van der Waals surface area contributed by atoms with E-state index in [9.17, 15) is 4.79 Å². The number of nitrogens with zero attached hydrogens (tertiary/aromatic N) is 2. The van der Waals surface area contributed by atoms with Gasteiger partial charge >= 0.3 is 0 Å². The summed E-state index contributed by atoms with van der Waals surface area (Å²) in [6, 6.07) is 7.09. The molecule has 2 rings (SSSR count). The lowest BCUT2D eigenvalue weighted by atomic mass is 10.1. The number of hydrogen-bond acceptors (Lipinski definition) is 3. The van der Waals surface area contributed by atoms with E-state index < -0.39 is 0 Å². The molecular weight excluding hydrogens is 230 g/mol. The molecular formula is C13H17N3O2. The summed E-state index contributed by atoms with van der Waals surface area (Å²) < 4.78 is 0. The van der Waals surface area contributed by atoms with E-state index in [4.69, 9.17) is 10.9 Å². The summed E-state index contributed by atoms with van der Waals surface area (Å²) in [5, 5.41) is 11.5. The van der Waals surface area contributed by atoms with Gasteiger partial charge in [-0.3, -0.25) is 4.79 Å². The molecule has 1 atom stereocenters. The Morgan fingerprint density at radius 3 is 2.50 bits per heavy atom. The predicted molar refractivity (Wildman–Crippen MR) is 68.7 cm³/mol. The fraction of sp³-hybridized carbons (Fsp3) is 0.385.